The fourth-order valence-electron chi connectivity index (χ4n) is 2.98. The molecule has 8 heteroatoms. The lowest BCUT2D eigenvalue weighted by atomic mass is 10.1. The highest BCUT2D eigenvalue weighted by Crippen LogP contribution is 2.22. The van der Waals surface area contributed by atoms with E-state index >= 15 is 0 Å². The summed E-state index contributed by atoms with van der Waals surface area (Å²) in [5.74, 6) is -0.947. The van der Waals surface area contributed by atoms with E-state index in [1.54, 1.807) is 48.5 Å². The molecule has 3 rings (SSSR count). The standard InChI is InChI=1S/C21H20ClN3O4/c22-15-11-9-14(10-12-15)19(23)24-29-18(26)8-2-1-5-13-25-20(27)16-6-3-4-7-17(16)21(25)28/h3-4,6-7,9-12H,1-2,5,8,13H2,(H2,23,24). The molecule has 7 nitrogen and oxygen atoms in total. The van der Waals surface area contributed by atoms with Crippen molar-refractivity contribution in [2.45, 2.75) is 25.7 Å². The molecule has 1 aliphatic rings. The SMILES string of the molecule is N/C(=N\OC(=O)CCCCCN1C(=O)c2ccccc2C1=O)c1ccc(Cl)cc1. The number of amides is 2. The van der Waals surface area contributed by atoms with Crippen LogP contribution in [-0.4, -0.2) is 35.1 Å². The number of rotatable bonds is 8. The van der Waals surface area contributed by atoms with Gasteiger partial charge in [0.25, 0.3) is 11.8 Å². The number of nitrogens with zero attached hydrogens (tertiary/aromatic N) is 2. The predicted molar refractivity (Wildman–Crippen MR) is 109 cm³/mol. The number of oxime groups is 1. The molecule has 0 saturated carbocycles. The second kappa shape index (κ2) is 9.34. The van der Waals surface area contributed by atoms with Crippen LogP contribution in [-0.2, 0) is 9.63 Å². The molecule has 2 aromatic carbocycles. The van der Waals surface area contributed by atoms with Crippen LogP contribution < -0.4 is 5.73 Å². The smallest absolute Gasteiger partial charge is 0.335 e. The number of halogens is 1. The van der Waals surface area contributed by atoms with Crippen LogP contribution in [0.15, 0.2) is 53.7 Å². The molecule has 0 aromatic heterocycles. The Morgan fingerprint density at radius 3 is 2.21 bits per heavy atom. The normalized spacial score (nSPS) is 13.6. The molecule has 0 aliphatic carbocycles. The fourth-order valence-corrected chi connectivity index (χ4v) is 3.10. The van der Waals surface area contributed by atoms with Crippen molar-refractivity contribution in [3.05, 3.63) is 70.2 Å². The summed E-state index contributed by atoms with van der Waals surface area (Å²) < 4.78 is 0. The number of amidine groups is 1. The number of hydrogen-bond donors (Lipinski definition) is 1. The fraction of sp³-hybridized carbons (Fsp3) is 0.238. The molecule has 2 amide bonds. The van der Waals surface area contributed by atoms with Crippen molar-refractivity contribution in [1.29, 1.82) is 0 Å². The van der Waals surface area contributed by atoms with Gasteiger partial charge in [-0.1, -0.05) is 35.3 Å². The van der Waals surface area contributed by atoms with Gasteiger partial charge in [0.05, 0.1) is 11.1 Å². The molecule has 0 spiro atoms. The highest BCUT2D eigenvalue weighted by molar-refractivity contribution is 6.30. The average molecular weight is 414 g/mol. The van der Waals surface area contributed by atoms with Gasteiger partial charge in [0.1, 0.15) is 0 Å². The first-order chi connectivity index (χ1) is 14.0. The molecule has 0 unspecified atom stereocenters. The number of benzene rings is 2. The lowest BCUT2D eigenvalue weighted by Gasteiger charge is -2.13. The molecule has 1 aliphatic heterocycles. The Labute approximate surface area is 173 Å². The second-order valence-electron chi connectivity index (χ2n) is 6.56. The van der Waals surface area contributed by atoms with E-state index in [2.05, 4.69) is 5.16 Å². The van der Waals surface area contributed by atoms with Crippen molar-refractivity contribution in [2.24, 2.45) is 10.9 Å². The van der Waals surface area contributed by atoms with Gasteiger partial charge in [-0.15, -0.1) is 0 Å². The van der Waals surface area contributed by atoms with E-state index in [1.165, 1.54) is 4.90 Å². The summed E-state index contributed by atoms with van der Waals surface area (Å²) >= 11 is 5.80. The van der Waals surface area contributed by atoms with E-state index in [0.29, 0.717) is 47.5 Å². The minimum atomic E-state index is -0.498. The summed E-state index contributed by atoms with van der Waals surface area (Å²) in [7, 11) is 0. The van der Waals surface area contributed by atoms with Gasteiger partial charge in [-0.05, 0) is 49.2 Å². The summed E-state index contributed by atoms with van der Waals surface area (Å²) in [5, 5.41) is 4.20. The van der Waals surface area contributed by atoms with Gasteiger partial charge in [-0.25, -0.2) is 4.79 Å². The Bertz CT molecular complexity index is 922. The maximum atomic E-state index is 12.3. The number of nitrogens with two attached hydrogens (primary N) is 1. The Kier molecular flexibility index (Phi) is 6.61. The van der Waals surface area contributed by atoms with Gasteiger partial charge in [0, 0.05) is 23.6 Å². The van der Waals surface area contributed by atoms with Crippen molar-refractivity contribution in [3.63, 3.8) is 0 Å². The number of carbonyl (C=O) groups is 3. The first kappa shape index (κ1) is 20.5. The van der Waals surface area contributed by atoms with Gasteiger partial charge in [0.2, 0.25) is 0 Å². The van der Waals surface area contributed by atoms with E-state index in [0.717, 1.165) is 0 Å². The third kappa shape index (κ3) is 5.00. The Morgan fingerprint density at radius 1 is 0.966 bits per heavy atom. The molecule has 2 aromatic rings. The van der Waals surface area contributed by atoms with Crippen LogP contribution in [0.1, 0.15) is 52.0 Å². The van der Waals surface area contributed by atoms with Crippen LogP contribution in [0.25, 0.3) is 0 Å². The van der Waals surface area contributed by atoms with Crippen LogP contribution >= 0.6 is 11.6 Å². The lowest BCUT2D eigenvalue weighted by Crippen LogP contribution is -2.30. The number of imide groups is 1. The van der Waals surface area contributed by atoms with Gasteiger partial charge in [-0.2, -0.15) is 0 Å². The molecule has 29 heavy (non-hydrogen) atoms. The second-order valence-corrected chi connectivity index (χ2v) is 7.00. The zero-order valence-electron chi connectivity index (χ0n) is 15.6. The summed E-state index contributed by atoms with van der Waals surface area (Å²) in [6, 6.07) is 13.5. The number of carbonyl (C=O) groups excluding carboxylic acids is 3. The van der Waals surface area contributed by atoms with Crippen LogP contribution in [0.2, 0.25) is 5.02 Å². The van der Waals surface area contributed by atoms with Crippen molar-refractivity contribution >= 4 is 35.2 Å². The number of fused-ring (bicyclic) bond motifs is 1. The summed E-state index contributed by atoms with van der Waals surface area (Å²) in [6.45, 7) is 0.322. The zero-order valence-corrected chi connectivity index (χ0v) is 16.4. The van der Waals surface area contributed by atoms with Crippen molar-refractivity contribution in [2.75, 3.05) is 6.54 Å². The topological polar surface area (TPSA) is 102 Å². The third-order valence-electron chi connectivity index (χ3n) is 4.53. The zero-order chi connectivity index (χ0) is 20.8. The maximum Gasteiger partial charge on any atom is 0.335 e. The van der Waals surface area contributed by atoms with E-state index in [4.69, 9.17) is 22.2 Å². The van der Waals surface area contributed by atoms with Crippen LogP contribution in [0.5, 0.6) is 0 Å². The molecule has 0 saturated heterocycles. The van der Waals surface area contributed by atoms with Crippen LogP contribution in [0.3, 0.4) is 0 Å². The Balaban J connectivity index is 1.37. The minimum absolute atomic E-state index is 0.0839. The molecule has 0 atom stereocenters. The molecule has 1 heterocycles. The quantitative estimate of drug-likeness (QED) is 0.178. The number of unbranched alkanes of at least 4 members (excludes halogenated alkanes) is 2. The highest BCUT2D eigenvalue weighted by atomic mass is 35.5. The minimum Gasteiger partial charge on any atom is -0.380 e. The van der Waals surface area contributed by atoms with Gasteiger partial charge < -0.3 is 10.6 Å². The summed E-state index contributed by atoms with van der Waals surface area (Å²) in [5.41, 5.74) is 7.25. The van der Waals surface area contributed by atoms with E-state index in [1.807, 2.05) is 0 Å². The highest BCUT2D eigenvalue weighted by Gasteiger charge is 2.34. The lowest BCUT2D eigenvalue weighted by molar-refractivity contribution is -0.143. The monoisotopic (exact) mass is 413 g/mol. The van der Waals surface area contributed by atoms with Crippen LogP contribution in [0.4, 0.5) is 0 Å². The first-order valence-corrected chi connectivity index (χ1v) is 9.59. The third-order valence-corrected chi connectivity index (χ3v) is 4.78. The predicted octanol–water partition coefficient (Wildman–Crippen LogP) is 3.36. The van der Waals surface area contributed by atoms with Crippen molar-refractivity contribution < 1.29 is 19.2 Å². The van der Waals surface area contributed by atoms with Crippen molar-refractivity contribution in [1.82, 2.24) is 4.90 Å². The molecule has 0 bridgehead atoms. The van der Waals surface area contributed by atoms with Gasteiger partial charge in [-0.3, -0.25) is 14.5 Å². The average Bonchev–Trinajstić information content (AvgIpc) is 2.97. The van der Waals surface area contributed by atoms with E-state index < -0.39 is 5.97 Å². The number of hydrogen-bond acceptors (Lipinski definition) is 5. The Hall–Kier alpha value is -3.19. The first-order valence-electron chi connectivity index (χ1n) is 9.22. The van der Waals surface area contributed by atoms with E-state index in [9.17, 15) is 14.4 Å². The molecule has 0 radical (unpaired) electrons. The summed E-state index contributed by atoms with van der Waals surface area (Å²) in [6.07, 6.45) is 1.99. The molecule has 2 N–H and O–H groups in total. The Morgan fingerprint density at radius 2 is 1.59 bits per heavy atom. The molecular formula is C21H20ClN3O4. The molecular weight excluding hydrogens is 394 g/mol. The van der Waals surface area contributed by atoms with E-state index in [-0.39, 0.29) is 24.1 Å². The summed E-state index contributed by atoms with van der Waals surface area (Å²) in [4.78, 5) is 42.4. The van der Waals surface area contributed by atoms with Gasteiger partial charge in [0.15, 0.2) is 5.84 Å². The molecule has 0 fully saturated rings. The largest absolute Gasteiger partial charge is 0.380 e. The van der Waals surface area contributed by atoms with Crippen LogP contribution in [0, 0.1) is 0 Å². The maximum absolute atomic E-state index is 12.3. The van der Waals surface area contributed by atoms with Crippen molar-refractivity contribution in [3.8, 4) is 0 Å². The molecule has 150 valence electrons. The van der Waals surface area contributed by atoms with Gasteiger partial charge >= 0.3 is 5.97 Å².